The van der Waals surface area contributed by atoms with Crippen LogP contribution in [0.15, 0.2) is 23.2 Å². The molecule has 16 heavy (non-hydrogen) atoms. The van der Waals surface area contributed by atoms with Crippen LogP contribution in [0.4, 0.5) is 0 Å². The number of benzene rings is 1. The van der Waals surface area contributed by atoms with Crippen molar-refractivity contribution in [2.45, 2.75) is 12.8 Å². The first-order chi connectivity index (χ1) is 7.54. The summed E-state index contributed by atoms with van der Waals surface area (Å²) in [6.45, 7) is 0. The van der Waals surface area contributed by atoms with Gasteiger partial charge in [0.2, 0.25) is 0 Å². The zero-order chi connectivity index (χ0) is 12.1. The van der Waals surface area contributed by atoms with Crippen LogP contribution in [0.3, 0.4) is 0 Å². The van der Waals surface area contributed by atoms with Crippen LogP contribution >= 0.6 is 23.2 Å². The van der Waals surface area contributed by atoms with Crippen molar-refractivity contribution in [2.24, 2.45) is 4.99 Å². The minimum atomic E-state index is -0.846. The molecule has 0 aliphatic heterocycles. The molecule has 3 nitrogen and oxygen atoms in total. The van der Waals surface area contributed by atoms with Crippen molar-refractivity contribution in [1.29, 1.82) is 0 Å². The van der Waals surface area contributed by atoms with Gasteiger partial charge in [-0.2, -0.15) is 0 Å². The summed E-state index contributed by atoms with van der Waals surface area (Å²) < 4.78 is 0. The number of rotatable bonds is 4. The molecule has 0 atom stereocenters. The molecule has 0 spiro atoms. The lowest BCUT2D eigenvalue weighted by Gasteiger charge is -2.05. The van der Waals surface area contributed by atoms with Crippen molar-refractivity contribution in [3.8, 4) is 0 Å². The fraction of sp³-hybridized carbons (Fsp3) is 0.273. The average Bonchev–Trinajstić information content (AvgIpc) is 2.23. The molecule has 5 heteroatoms. The van der Waals surface area contributed by atoms with Gasteiger partial charge < -0.3 is 5.11 Å². The number of halogens is 2. The van der Waals surface area contributed by atoms with E-state index in [0.29, 0.717) is 22.2 Å². The van der Waals surface area contributed by atoms with Gasteiger partial charge >= 0.3 is 5.97 Å². The van der Waals surface area contributed by atoms with Gasteiger partial charge in [-0.05, 0) is 17.7 Å². The van der Waals surface area contributed by atoms with Gasteiger partial charge in [0.1, 0.15) is 0 Å². The molecule has 0 saturated heterocycles. The maximum atomic E-state index is 10.5. The first-order valence-electron chi connectivity index (χ1n) is 4.67. The number of aliphatic carboxylic acids is 1. The van der Waals surface area contributed by atoms with E-state index in [2.05, 4.69) is 4.99 Å². The first-order valence-corrected chi connectivity index (χ1v) is 5.43. The Morgan fingerprint density at radius 2 is 2.00 bits per heavy atom. The highest BCUT2D eigenvalue weighted by atomic mass is 35.5. The number of carbonyl (C=O) groups is 1. The summed E-state index contributed by atoms with van der Waals surface area (Å²) in [4.78, 5) is 14.5. The van der Waals surface area contributed by atoms with Gasteiger partial charge in [-0.3, -0.25) is 9.79 Å². The Hall–Kier alpha value is -1.06. The molecule has 0 unspecified atom stereocenters. The Morgan fingerprint density at radius 1 is 1.31 bits per heavy atom. The second kappa shape index (κ2) is 5.87. The quantitative estimate of drug-likeness (QED) is 0.844. The topological polar surface area (TPSA) is 49.7 Å². The molecular formula is C11H11Cl2NO2. The van der Waals surface area contributed by atoms with Gasteiger partial charge in [0.15, 0.2) is 0 Å². The summed E-state index contributed by atoms with van der Waals surface area (Å²) in [5, 5.41) is 9.51. The molecule has 0 bridgehead atoms. The second-order valence-electron chi connectivity index (χ2n) is 3.19. The molecule has 0 aliphatic rings. The van der Waals surface area contributed by atoms with Crippen LogP contribution in [-0.4, -0.2) is 23.8 Å². The minimum absolute atomic E-state index is 0.0485. The van der Waals surface area contributed by atoms with E-state index in [0.717, 1.165) is 5.56 Å². The normalized spacial score (nSPS) is 11.6. The van der Waals surface area contributed by atoms with E-state index in [1.807, 2.05) is 0 Å². The molecule has 0 saturated carbocycles. The van der Waals surface area contributed by atoms with Crippen LogP contribution in [0, 0.1) is 0 Å². The molecule has 1 aromatic rings. The van der Waals surface area contributed by atoms with E-state index in [1.165, 1.54) is 0 Å². The summed E-state index contributed by atoms with van der Waals surface area (Å²) in [6, 6.07) is 5.14. The molecule has 0 fully saturated rings. The Labute approximate surface area is 104 Å². The fourth-order valence-corrected chi connectivity index (χ4v) is 1.58. The second-order valence-corrected chi connectivity index (χ2v) is 4.01. The Bertz CT molecular complexity index is 430. The van der Waals surface area contributed by atoms with E-state index in [4.69, 9.17) is 28.3 Å². The van der Waals surface area contributed by atoms with Crippen molar-refractivity contribution in [3.63, 3.8) is 0 Å². The van der Waals surface area contributed by atoms with E-state index < -0.39 is 5.97 Å². The number of hydrogen-bond donors (Lipinski definition) is 1. The smallest absolute Gasteiger partial charge is 0.303 e. The molecule has 0 radical (unpaired) electrons. The van der Waals surface area contributed by atoms with Crippen LogP contribution in [0.25, 0.3) is 0 Å². The van der Waals surface area contributed by atoms with E-state index in [1.54, 1.807) is 25.2 Å². The van der Waals surface area contributed by atoms with Crippen LogP contribution in [-0.2, 0) is 4.79 Å². The van der Waals surface area contributed by atoms with Crippen LogP contribution in [0.5, 0.6) is 0 Å². The predicted molar refractivity (Wildman–Crippen MR) is 65.8 cm³/mol. The standard InChI is InChI=1S/C11H11Cl2NO2/c1-14-10(4-5-11(15)16)7-2-3-8(12)9(13)6-7/h2-3,6H,4-5H2,1H3,(H,15,16). The van der Waals surface area contributed by atoms with Gasteiger partial charge in [-0.25, -0.2) is 0 Å². The molecular weight excluding hydrogens is 249 g/mol. The number of aliphatic imine (C=N–C) groups is 1. The molecule has 1 rings (SSSR count). The third-order valence-electron chi connectivity index (χ3n) is 2.10. The van der Waals surface area contributed by atoms with E-state index in [9.17, 15) is 4.79 Å². The third kappa shape index (κ3) is 3.51. The van der Waals surface area contributed by atoms with Crippen molar-refractivity contribution >= 4 is 34.9 Å². The highest BCUT2D eigenvalue weighted by Gasteiger charge is 2.07. The van der Waals surface area contributed by atoms with Crippen molar-refractivity contribution in [2.75, 3.05) is 7.05 Å². The van der Waals surface area contributed by atoms with Crippen LogP contribution in [0.1, 0.15) is 18.4 Å². The molecule has 0 aliphatic carbocycles. The summed E-state index contributed by atoms with van der Waals surface area (Å²) in [7, 11) is 1.62. The van der Waals surface area contributed by atoms with Gasteiger partial charge in [0.25, 0.3) is 0 Å². The number of nitrogens with zero attached hydrogens (tertiary/aromatic N) is 1. The zero-order valence-electron chi connectivity index (χ0n) is 8.70. The molecule has 1 N–H and O–H groups in total. The Balaban J connectivity index is 2.88. The van der Waals surface area contributed by atoms with Crippen molar-refractivity contribution < 1.29 is 9.90 Å². The molecule has 0 amide bonds. The highest BCUT2D eigenvalue weighted by Crippen LogP contribution is 2.23. The molecule has 86 valence electrons. The SMILES string of the molecule is CN=C(CCC(=O)O)c1ccc(Cl)c(Cl)c1. The summed E-state index contributed by atoms with van der Waals surface area (Å²) in [5.74, 6) is -0.846. The van der Waals surface area contributed by atoms with Crippen LogP contribution in [0.2, 0.25) is 10.0 Å². The lowest BCUT2D eigenvalue weighted by Crippen LogP contribution is -2.05. The number of carboxylic acids is 1. The maximum Gasteiger partial charge on any atom is 0.303 e. The summed E-state index contributed by atoms with van der Waals surface area (Å²) in [5.41, 5.74) is 1.51. The molecule has 0 aromatic heterocycles. The maximum absolute atomic E-state index is 10.5. The van der Waals surface area contributed by atoms with Gasteiger partial charge in [-0.15, -0.1) is 0 Å². The van der Waals surface area contributed by atoms with E-state index >= 15 is 0 Å². The minimum Gasteiger partial charge on any atom is -0.481 e. The summed E-state index contributed by atoms with van der Waals surface area (Å²) >= 11 is 11.7. The number of carboxylic acid groups (broad SMARTS) is 1. The average molecular weight is 260 g/mol. The predicted octanol–water partition coefficient (Wildman–Crippen LogP) is 3.28. The zero-order valence-corrected chi connectivity index (χ0v) is 10.2. The van der Waals surface area contributed by atoms with Gasteiger partial charge in [0.05, 0.1) is 16.5 Å². The monoisotopic (exact) mass is 259 g/mol. The largest absolute Gasteiger partial charge is 0.481 e. The van der Waals surface area contributed by atoms with E-state index in [-0.39, 0.29) is 6.42 Å². The third-order valence-corrected chi connectivity index (χ3v) is 2.84. The summed E-state index contributed by atoms with van der Waals surface area (Å²) in [6.07, 6.45) is 0.427. The lowest BCUT2D eigenvalue weighted by molar-refractivity contribution is -0.136. The lowest BCUT2D eigenvalue weighted by atomic mass is 10.1. The molecule has 1 aromatic carbocycles. The molecule has 0 heterocycles. The highest BCUT2D eigenvalue weighted by molar-refractivity contribution is 6.42. The fourth-order valence-electron chi connectivity index (χ4n) is 1.29. The Kier molecular flexibility index (Phi) is 4.77. The Morgan fingerprint density at radius 3 is 2.50 bits per heavy atom. The first kappa shape index (κ1) is 13.0. The number of hydrogen-bond acceptors (Lipinski definition) is 2. The van der Waals surface area contributed by atoms with Gasteiger partial charge in [0, 0.05) is 19.2 Å². The van der Waals surface area contributed by atoms with Gasteiger partial charge in [-0.1, -0.05) is 29.3 Å². The van der Waals surface area contributed by atoms with Crippen molar-refractivity contribution in [3.05, 3.63) is 33.8 Å². The van der Waals surface area contributed by atoms with Crippen molar-refractivity contribution in [1.82, 2.24) is 0 Å². The van der Waals surface area contributed by atoms with Crippen LogP contribution < -0.4 is 0 Å².